The highest BCUT2D eigenvalue weighted by atomic mass is 32.2. The van der Waals surface area contributed by atoms with Crippen LogP contribution in [0.5, 0.6) is 0 Å². The Morgan fingerprint density at radius 1 is 1.15 bits per heavy atom. The largest absolute Gasteiger partial charge is 0.772 e. The topological polar surface area (TPSA) is 57.9 Å². The number of aromatic nitrogens is 2. The van der Waals surface area contributed by atoms with E-state index in [0.717, 1.165) is 11.6 Å². The summed E-state index contributed by atoms with van der Waals surface area (Å²) in [5.41, 5.74) is 0.427. The normalized spacial score (nSPS) is 13.4. The summed E-state index contributed by atoms with van der Waals surface area (Å²) in [5.74, 6) is -0.0831. The zero-order valence-electron chi connectivity index (χ0n) is 10.1. The van der Waals surface area contributed by atoms with Gasteiger partial charge in [-0.1, -0.05) is 35.3 Å². The first-order chi connectivity index (χ1) is 9.34. The van der Waals surface area contributed by atoms with Crippen LogP contribution in [-0.2, 0) is 29.6 Å². The maximum Gasteiger partial charge on any atom is 0.435 e. The van der Waals surface area contributed by atoms with Gasteiger partial charge in [0.25, 0.3) is 0 Å². The number of hydrogen-bond acceptors (Lipinski definition) is 3. The smallest absolute Gasteiger partial charge is 0.435 e. The van der Waals surface area contributed by atoms with E-state index in [-0.39, 0.29) is 12.3 Å². The molecule has 4 nitrogen and oxygen atoms in total. The van der Waals surface area contributed by atoms with Crippen LogP contribution in [0, 0.1) is 0 Å². The number of nitrogens with zero attached hydrogens (tertiary/aromatic N) is 2. The van der Waals surface area contributed by atoms with Gasteiger partial charge in [-0.2, -0.15) is 18.3 Å². The van der Waals surface area contributed by atoms with Crippen LogP contribution in [0.4, 0.5) is 13.2 Å². The van der Waals surface area contributed by atoms with Crippen molar-refractivity contribution in [3.63, 3.8) is 0 Å². The van der Waals surface area contributed by atoms with Crippen molar-refractivity contribution >= 4 is 11.1 Å². The van der Waals surface area contributed by atoms with Crippen LogP contribution in [0.3, 0.4) is 0 Å². The Morgan fingerprint density at radius 2 is 1.75 bits per heavy atom. The lowest BCUT2D eigenvalue weighted by molar-refractivity contribution is -0.141. The molecular formula is C12H10F3N2O2S-. The third-order valence-corrected chi connectivity index (χ3v) is 3.15. The van der Waals surface area contributed by atoms with Crippen molar-refractivity contribution in [3.8, 4) is 0 Å². The summed E-state index contributed by atoms with van der Waals surface area (Å²) in [6, 6.07) is 7.49. The zero-order valence-corrected chi connectivity index (χ0v) is 10.9. The summed E-state index contributed by atoms with van der Waals surface area (Å²) in [4.78, 5) is 0. The maximum atomic E-state index is 12.4. The van der Waals surface area contributed by atoms with Gasteiger partial charge in [-0.25, -0.2) is 0 Å². The summed E-state index contributed by atoms with van der Waals surface area (Å²) in [6.07, 6.45) is -3.20. The van der Waals surface area contributed by atoms with E-state index in [2.05, 4.69) is 5.10 Å². The molecule has 0 saturated heterocycles. The minimum absolute atomic E-state index is 0.0831. The summed E-state index contributed by atoms with van der Waals surface area (Å²) < 4.78 is 59.4. The number of benzene rings is 1. The third kappa shape index (κ3) is 3.91. The predicted molar refractivity (Wildman–Crippen MR) is 65.4 cm³/mol. The Labute approximate surface area is 115 Å². The lowest BCUT2D eigenvalue weighted by Crippen LogP contribution is -2.08. The van der Waals surface area contributed by atoms with Gasteiger partial charge in [0, 0.05) is 11.9 Å². The highest BCUT2D eigenvalue weighted by molar-refractivity contribution is 7.78. The van der Waals surface area contributed by atoms with Gasteiger partial charge in [-0.15, -0.1) is 0 Å². The first-order valence-electron chi connectivity index (χ1n) is 5.59. The summed E-state index contributed by atoms with van der Waals surface area (Å²) in [5, 5.41) is 3.44. The van der Waals surface area contributed by atoms with E-state index in [9.17, 15) is 21.9 Å². The number of alkyl halides is 3. The van der Waals surface area contributed by atoms with Crippen molar-refractivity contribution < 1.29 is 21.9 Å². The molecule has 1 aromatic heterocycles. The highest BCUT2D eigenvalue weighted by Crippen LogP contribution is 2.27. The summed E-state index contributed by atoms with van der Waals surface area (Å²) in [7, 11) is 0. The summed E-state index contributed by atoms with van der Waals surface area (Å²) >= 11 is -2.16. The molecule has 108 valence electrons. The lowest BCUT2D eigenvalue weighted by atomic mass is 10.1. The molecule has 0 aliphatic rings. The van der Waals surface area contributed by atoms with Crippen molar-refractivity contribution in [1.29, 1.82) is 0 Å². The van der Waals surface area contributed by atoms with Crippen LogP contribution < -0.4 is 0 Å². The maximum absolute atomic E-state index is 12.4. The molecule has 2 rings (SSSR count). The van der Waals surface area contributed by atoms with Gasteiger partial charge < -0.3 is 4.55 Å². The first-order valence-corrected chi connectivity index (χ1v) is 6.83. The average molecular weight is 303 g/mol. The Balaban J connectivity index is 2.06. The molecule has 1 aromatic carbocycles. The molecule has 0 amide bonds. The fourth-order valence-electron chi connectivity index (χ4n) is 1.66. The number of hydrogen-bond donors (Lipinski definition) is 0. The Bertz CT molecular complexity index is 608. The van der Waals surface area contributed by atoms with Crippen LogP contribution in [0.2, 0.25) is 0 Å². The average Bonchev–Trinajstić information content (AvgIpc) is 2.79. The zero-order chi connectivity index (χ0) is 14.8. The van der Waals surface area contributed by atoms with Gasteiger partial charge in [-0.05, 0) is 17.2 Å². The third-order valence-electron chi connectivity index (χ3n) is 2.58. The SMILES string of the molecule is O=S([O-])Cc1ccc(Cn2ccc(C(F)(F)F)n2)cc1. The lowest BCUT2D eigenvalue weighted by Gasteiger charge is -2.07. The Hall–Kier alpha value is -1.67. The fraction of sp³-hybridized carbons (Fsp3) is 0.250. The molecule has 0 fully saturated rings. The first kappa shape index (κ1) is 14.7. The van der Waals surface area contributed by atoms with E-state index in [1.54, 1.807) is 24.3 Å². The molecule has 0 radical (unpaired) electrons. The second-order valence-electron chi connectivity index (χ2n) is 4.16. The second-order valence-corrected chi connectivity index (χ2v) is 5.06. The molecule has 20 heavy (non-hydrogen) atoms. The van der Waals surface area contributed by atoms with E-state index < -0.39 is 23.0 Å². The summed E-state index contributed by atoms with van der Waals surface area (Å²) in [6.45, 7) is 0.191. The van der Waals surface area contributed by atoms with E-state index in [4.69, 9.17) is 0 Å². The standard InChI is InChI=1S/C12H11F3N2O2S/c13-12(14,15)11-5-6-17(16-11)7-9-1-3-10(4-2-9)8-20(18)19/h1-6H,7-8H2,(H,18,19)/p-1. The minimum Gasteiger partial charge on any atom is -0.772 e. The van der Waals surface area contributed by atoms with Crippen molar-refractivity contribution in [1.82, 2.24) is 9.78 Å². The van der Waals surface area contributed by atoms with Crippen molar-refractivity contribution in [2.24, 2.45) is 0 Å². The molecule has 0 bridgehead atoms. The molecule has 0 spiro atoms. The monoisotopic (exact) mass is 303 g/mol. The van der Waals surface area contributed by atoms with Crippen molar-refractivity contribution in [3.05, 3.63) is 53.3 Å². The van der Waals surface area contributed by atoms with Crippen LogP contribution in [0.1, 0.15) is 16.8 Å². The molecule has 1 heterocycles. The molecule has 0 aliphatic heterocycles. The van der Waals surface area contributed by atoms with Crippen molar-refractivity contribution in [2.75, 3.05) is 0 Å². The van der Waals surface area contributed by atoms with Gasteiger partial charge in [0.2, 0.25) is 0 Å². The van der Waals surface area contributed by atoms with Gasteiger partial charge in [0.1, 0.15) is 0 Å². The molecule has 0 N–H and O–H groups in total. The molecular weight excluding hydrogens is 293 g/mol. The minimum atomic E-state index is -4.45. The van der Waals surface area contributed by atoms with Crippen molar-refractivity contribution in [2.45, 2.75) is 18.5 Å². The fourth-order valence-corrected chi connectivity index (χ4v) is 2.13. The van der Waals surface area contributed by atoms with Gasteiger partial charge >= 0.3 is 6.18 Å². The predicted octanol–water partition coefficient (Wildman–Crippen LogP) is 2.33. The number of rotatable bonds is 4. The number of halogens is 3. The van der Waals surface area contributed by atoms with E-state index in [1.807, 2.05) is 0 Å². The molecule has 1 unspecified atom stereocenters. The van der Waals surface area contributed by atoms with E-state index in [1.165, 1.54) is 10.9 Å². The Kier molecular flexibility index (Phi) is 4.24. The quantitative estimate of drug-likeness (QED) is 0.815. The molecule has 0 saturated carbocycles. The Morgan fingerprint density at radius 3 is 2.25 bits per heavy atom. The van der Waals surface area contributed by atoms with Crippen LogP contribution in [-0.4, -0.2) is 18.5 Å². The van der Waals surface area contributed by atoms with E-state index in [0.29, 0.717) is 5.56 Å². The highest BCUT2D eigenvalue weighted by Gasteiger charge is 2.33. The van der Waals surface area contributed by atoms with E-state index >= 15 is 0 Å². The van der Waals surface area contributed by atoms with Gasteiger partial charge in [0.15, 0.2) is 5.69 Å². The molecule has 1 atom stereocenters. The van der Waals surface area contributed by atoms with Crippen LogP contribution in [0.25, 0.3) is 0 Å². The molecule has 2 aromatic rings. The molecule has 0 aliphatic carbocycles. The molecule has 8 heteroatoms. The van der Waals surface area contributed by atoms with Gasteiger partial charge in [-0.3, -0.25) is 8.89 Å². The van der Waals surface area contributed by atoms with Crippen LogP contribution >= 0.6 is 0 Å². The van der Waals surface area contributed by atoms with Crippen LogP contribution in [0.15, 0.2) is 36.5 Å². The second kappa shape index (κ2) is 5.76. The van der Waals surface area contributed by atoms with Gasteiger partial charge in [0.05, 0.1) is 6.54 Å².